The van der Waals surface area contributed by atoms with E-state index in [9.17, 15) is 9.90 Å². The number of phenols is 1. The third-order valence-electron chi connectivity index (χ3n) is 3.14. The molecule has 3 rings (SSSR count). The summed E-state index contributed by atoms with van der Waals surface area (Å²) < 4.78 is 5.73. The van der Waals surface area contributed by atoms with Crippen molar-refractivity contribution in [3.8, 4) is 5.75 Å². The van der Waals surface area contributed by atoms with E-state index in [1.54, 1.807) is 19.1 Å². The molecule has 0 saturated heterocycles. The number of phenolic OH excluding ortho intramolecular Hbond substituents is 1. The molecule has 2 aromatic carbocycles. The molecule has 90 valence electrons. The molecule has 18 heavy (non-hydrogen) atoms. The molecule has 0 spiro atoms. The van der Waals surface area contributed by atoms with Crippen LogP contribution in [0.2, 0.25) is 0 Å². The molecule has 0 aliphatic rings. The Balaban J connectivity index is 2.56. The first-order chi connectivity index (χ1) is 8.56. The highest BCUT2D eigenvalue weighted by atomic mass is 16.3. The summed E-state index contributed by atoms with van der Waals surface area (Å²) in [5.41, 5.74) is 2.71. The fourth-order valence-corrected chi connectivity index (χ4v) is 2.10. The van der Waals surface area contributed by atoms with Crippen LogP contribution < -0.4 is 5.43 Å². The first-order valence-electron chi connectivity index (χ1n) is 5.73. The Bertz CT molecular complexity index is 828. The number of rotatable bonds is 0. The molecule has 0 unspecified atom stereocenters. The van der Waals surface area contributed by atoms with Gasteiger partial charge in [-0.1, -0.05) is 6.07 Å². The highest BCUT2D eigenvalue weighted by molar-refractivity contribution is 5.90. The lowest BCUT2D eigenvalue weighted by Gasteiger charge is -2.04. The zero-order valence-corrected chi connectivity index (χ0v) is 10.2. The summed E-state index contributed by atoms with van der Waals surface area (Å²) >= 11 is 0. The van der Waals surface area contributed by atoms with Crippen molar-refractivity contribution < 1.29 is 9.52 Å². The molecule has 0 aliphatic heterocycles. The summed E-state index contributed by atoms with van der Waals surface area (Å²) in [6, 6.07) is 8.63. The molecule has 1 heterocycles. The van der Waals surface area contributed by atoms with Gasteiger partial charge in [0, 0.05) is 0 Å². The molecule has 1 aromatic heterocycles. The van der Waals surface area contributed by atoms with Gasteiger partial charge in [0.1, 0.15) is 16.9 Å². The number of aromatic hydroxyl groups is 1. The van der Waals surface area contributed by atoms with E-state index in [1.807, 2.05) is 19.1 Å². The monoisotopic (exact) mass is 240 g/mol. The number of hydrogen-bond acceptors (Lipinski definition) is 3. The Hall–Kier alpha value is -2.29. The third-order valence-corrected chi connectivity index (χ3v) is 3.14. The summed E-state index contributed by atoms with van der Waals surface area (Å²) in [7, 11) is 0. The van der Waals surface area contributed by atoms with E-state index in [4.69, 9.17) is 4.42 Å². The van der Waals surface area contributed by atoms with Gasteiger partial charge >= 0.3 is 0 Å². The third kappa shape index (κ3) is 1.48. The molecule has 3 heteroatoms. The Kier molecular flexibility index (Phi) is 2.17. The van der Waals surface area contributed by atoms with E-state index in [-0.39, 0.29) is 11.2 Å². The minimum absolute atomic E-state index is 0.110. The van der Waals surface area contributed by atoms with Crippen molar-refractivity contribution in [3.63, 3.8) is 0 Å². The zero-order valence-electron chi connectivity index (χ0n) is 10.2. The van der Waals surface area contributed by atoms with Crippen LogP contribution in [0.4, 0.5) is 0 Å². The molecule has 3 aromatic rings. The number of fused-ring (bicyclic) bond motifs is 2. The van der Waals surface area contributed by atoms with Gasteiger partial charge in [-0.25, -0.2) is 0 Å². The summed E-state index contributed by atoms with van der Waals surface area (Å²) in [5.74, 6) is 0.112. The van der Waals surface area contributed by atoms with Gasteiger partial charge in [-0.3, -0.25) is 4.79 Å². The smallest absolute Gasteiger partial charge is 0.200 e. The second-order valence-corrected chi connectivity index (χ2v) is 4.57. The van der Waals surface area contributed by atoms with Crippen molar-refractivity contribution in [1.29, 1.82) is 0 Å². The fourth-order valence-electron chi connectivity index (χ4n) is 2.10. The number of benzene rings is 2. The second kappa shape index (κ2) is 3.60. The Morgan fingerprint density at radius 1 is 1.00 bits per heavy atom. The van der Waals surface area contributed by atoms with Crippen LogP contribution in [0, 0.1) is 13.8 Å². The lowest BCUT2D eigenvalue weighted by molar-refractivity contribution is 0.471. The van der Waals surface area contributed by atoms with Gasteiger partial charge in [-0.15, -0.1) is 0 Å². The topological polar surface area (TPSA) is 50.4 Å². The molecule has 3 nitrogen and oxygen atoms in total. The summed E-state index contributed by atoms with van der Waals surface area (Å²) in [5, 5.41) is 10.6. The average Bonchev–Trinajstić information content (AvgIpc) is 2.32. The maximum atomic E-state index is 12.3. The van der Waals surface area contributed by atoms with E-state index >= 15 is 0 Å². The van der Waals surface area contributed by atoms with Crippen LogP contribution in [-0.2, 0) is 0 Å². The van der Waals surface area contributed by atoms with Gasteiger partial charge in [-0.2, -0.15) is 0 Å². The Morgan fingerprint density at radius 3 is 2.50 bits per heavy atom. The molecular formula is C15H12O3. The quantitative estimate of drug-likeness (QED) is 0.613. The van der Waals surface area contributed by atoms with E-state index in [0.29, 0.717) is 27.5 Å². The number of aryl methyl sites for hydroxylation is 2. The van der Waals surface area contributed by atoms with E-state index < -0.39 is 0 Å². The van der Waals surface area contributed by atoms with Gasteiger partial charge in [0.15, 0.2) is 0 Å². The lowest BCUT2D eigenvalue weighted by atomic mass is 10.1. The average molecular weight is 240 g/mol. The molecule has 0 radical (unpaired) electrons. The minimum atomic E-state index is -0.110. The van der Waals surface area contributed by atoms with Crippen molar-refractivity contribution in [2.24, 2.45) is 0 Å². The van der Waals surface area contributed by atoms with Gasteiger partial charge in [0.2, 0.25) is 5.43 Å². The van der Waals surface area contributed by atoms with Crippen LogP contribution in [0.15, 0.2) is 39.5 Å². The Morgan fingerprint density at radius 2 is 1.72 bits per heavy atom. The first kappa shape index (κ1) is 10.8. The largest absolute Gasteiger partial charge is 0.508 e. The summed E-state index contributed by atoms with van der Waals surface area (Å²) in [6.07, 6.45) is 0. The molecule has 0 aliphatic carbocycles. The SMILES string of the molecule is Cc1ccc2c(=O)c3cc(O)c(C)cc3oc2c1. The van der Waals surface area contributed by atoms with E-state index in [1.165, 1.54) is 6.07 Å². The van der Waals surface area contributed by atoms with Crippen LogP contribution >= 0.6 is 0 Å². The minimum Gasteiger partial charge on any atom is -0.508 e. The van der Waals surface area contributed by atoms with E-state index in [2.05, 4.69) is 0 Å². The standard InChI is InChI=1S/C15H12O3/c1-8-3-4-10-13(5-8)18-14-6-9(2)12(16)7-11(14)15(10)17/h3-7,16H,1-2H3. The van der Waals surface area contributed by atoms with Crippen LogP contribution in [0.5, 0.6) is 5.75 Å². The van der Waals surface area contributed by atoms with Crippen LogP contribution in [0.1, 0.15) is 11.1 Å². The summed E-state index contributed by atoms with van der Waals surface area (Å²) in [4.78, 5) is 12.3. The van der Waals surface area contributed by atoms with Crippen molar-refractivity contribution in [1.82, 2.24) is 0 Å². The Labute approximate surface area is 103 Å². The molecule has 0 fully saturated rings. The van der Waals surface area contributed by atoms with Crippen molar-refractivity contribution in [3.05, 3.63) is 51.7 Å². The molecular weight excluding hydrogens is 228 g/mol. The van der Waals surface area contributed by atoms with Gasteiger partial charge in [0.05, 0.1) is 10.8 Å². The highest BCUT2D eigenvalue weighted by Crippen LogP contribution is 2.25. The van der Waals surface area contributed by atoms with Crippen molar-refractivity contribution in [2.75, 3.05) is 0 Å². The number of hydrogen-bond donors (Lipinski definition) is 1. The van der Waals surface area contributed by atoms with Crippen LogP contribution in [0.3, 0.4) is 0 Å². The highest BCUT2D eigenvalue weighted by Gasteiger charge is 2.09. The maximum absolute atomic E-state index is 12.3. The van der Waals surface area contributed by atoms with E-state index in [0.717, 1.165) is 5.56 Å². The van der Waals surface area contributed by atoms with Gasteiger partial charge in [-0.05, 0) is 49.2 Å². The first-order valence-corrected chi connectivity index (χ1v) is 5.73. The predicted molar refractivity (Wildman–Crippen MR) is 71.1 cm³/mol. The molecule has 0 amide bonds. The van der Waals surface area contributed by atoms with Crippen LogP contribution in [-0.4, -0.2) is 5.11 Å². The second-order valence-electron chi connectivity index (χ2n) is 4.57. The van der Waals surface area contributed by atoms with Gasteiger partial charge in [0.25, 0.3) is 0 Å². The van der Waals surface area contributed by atoms with Crippen molar-refractivity contribution in [2.45, 2.75) is 13.8 Å². The van der Waals surface area contributed by atoms with Crippen LogP contribution in [0.25, 0.3) is 21.9 Å². The van der Waals surface area contributed by atoms with Gasteiger partial charge < -0.3 is 9.52 Å². The normalized spacial score (nSPS) is 11.2. The molecule has 0 atom stereocenters. The summed E-state index contributed by atoms with van der Waals surface area (Å²) in [6.45, 7) is 3.72. The predicted octanol–water partition coefficient (Wildman–Crippen LogP) is 3.27. The molecule has 1 N–H and O–H groups in total. The fraction of sp³-hybridized carbons (Fsp3) is 0.133. The maximum Gasteiger partial charge on any atom is 0.200 e. The molecule has 0 saturated carbocycles. The molecule has 0 bridgehead atoms. The van der Waals surface area contributed by atoms with Crippen molar-refractivity contribution >= 4 is 21.9 Å². The lowest BCUT2D eigenvalue weighted by Crippen LogP contribution is -2.02. The zero-order chi connectivity index (χ0) is 12.9.